The number of aliphatic hydroxyl groups excluding tert-OH is 1. The fourth-order valence-corrected chi connectivity index (χ4v) is 1.44. The molecule has 8 heteroatoms. The molecule has 3 N–H and O–H groups in total. The molecule has 116 valence electrons. The normalized spacial score (nSPS) is 14.6. The number of halogens is 5. The van der Waals surface area contributed by atoms with Gasteiger partial charge in [-0.3, -0.25) is 0 Å². The molecule has 1 aromatic carbocycles. The van der Waals surface area contributed by atoms with Crippen molar-refractivity contribution in [3.05, 3.63) is 29.8 Å². The third-order valence-corrected chi connectivity index (χ3v) is 2.61. The van der Waals surface area contributed by atoms with E-state index < -0.39 is 30.4 Å². The lowest BCUT2D eigenvalue weighted by molar-refractivity contribution is -0.253. The zero-order valence-corrected chi connectivity index (χ0v) is 11.4. The summed E-state index contributed by atoms with van der Waals surface area (Å²) in [6.07, 6.45) is -8.78. The van der Waals surface area contributed by atoms with Gasteiger partial charge in [0.2, 0.25) is 0 Å². The molecule has 0 saturated heterocycles. The van der Waals surface area contributed by atoms with Crippen molar-refractivity contribution in [2.75, 3.05) is 0 Å². The first-order valence-electron chi connectivity index (χ1n) is 5.66. The van der Waals surface area contributed by atoms with Crippen molar-refractivity contribution < 1.29 is 27.4 Å². The Kier molecular flexibility index (Phi) is 7.26. The summed E-state index contributed by atoms with van der Waals surface area (Å²) >= 11 is 0. The van der Waals surface area contributed by atoms with E-state index in [1.807, 2.05) is 0 Å². The maximum Gasteiger partial charge on any atom is 0.461 e. The van der Waals surface area contributed by atoms with Crippen LogP contribution < -0.4 is 10.5 Å². The number of nitrogens with two attached hydrogens (primary N) is 1. The summed E-state index contributed by atoms with van der Waals surface area (Å²) in [4.78, 5) is 0. The Bertz CT molecular complexity index is 403. The molecule has 3 nitrogen and oxygen atoms in total. The summed E-state index contributed by atoms with van der Waals surface area (Å²) in [5, 5.41) is 9.53. The maximum absolute atomic E-state index is 12.6. The van der Waals surface area contributed by atoms with Crippen molar-refractivity contribution >= 4 is 12.4 Å². The third-order valence-electron chi connectivity index (χ3n) is 2.61. The Hall–Kier alpha value is -1.05. The van der Waals surface area contributed by atoms with E-state index in [9.17, 15) is 22.7 Å². The van der Waals surface area contributed by atoms with Crippen LogP contribution in [-0.2, 0) is 0 Å². The van der Waals surface area contributed by atoms with E-state index in [2.05, 4.69) is 4.74 Å². The van der Waals surface area contributed by atoms with Crippen LogP contribution in [0.2, 0.25) is 0 Å². The average molecular weight is 318 g/mol. The number of aliphatic hydroxyl groups is 1. The van der Waals surface area contributed by atoms with Crippen molar-refractivity contribution in [2.24, 2.45) is 5.73 Å². The molecule has 0 heterocycles. The van der Waals surface area contributed by atoms with E-state index in [1.165, 1.54) is 12.1 Å². The summed E-state index contributed by atoms with van der Waals surface area (Å²) in [5.74, 6) is -0.396. The number of hydrogen-bond donors (Lipinski definition) is 2. The second kappa shape index (κ2) is 7.66. The fourth-order valence-electron chi connectivity index (χ4n) is 1.44. The topological polar surface area (TPSA) is 55.5 Å². The summed E-state index contributed by atoms with van der Waals surface area (Å²) in [7, 11) is 0. The number of ether oxygens (including phenoxy) is 1. The molecule has 0 amide bonds. The lowest BCUT2D eigenvalue weighted by Crippen LogP contribution is -2.33. The molecule has 0 bridgehead atoms. The number of rotatable bonds is 6. The van der Waals surface area contributed by atoms with Gasteiger partial charge in [0.25, 0.3) is 0 Å². The van der Waals surface area contributed by atoms with E-state index in [1.54, 1.807) is 6.92 Å². The van der Waals surface area contributed by atoms with Crippen LogP contribution in [0.5, 0.6) is 5.75 Å². The molecule has 20 heavy (non-hydrogen) atoms. The number of hydrogen-bond acceptors (Lipinski definition) is 3. The minimum absolute atomic E-state index is 0. The van der Waals surface area contributed by atoms with Gasteiger partial charge in [-0.1, -0.05) is 19.1 Å². The van der Waals surface area contributed by atoms with Crippen molar-refractivity contribution in [2.45, 2.75) is 38.0 Å². The summed E-state index contributed by atoms with van der Waals surface area (Å²) in [6.45, 7) is 1.74. The van der Waals surface area contributed by atoms with E-state index in [4.69, 9.17) is 5.73 Å². The van der Waals surface area contributed by atoms with Gasteiger partial charge in [-0.25, -0.2) is 0 Å². The van der Waals surface area contributed by atoms with Crippen molar-refractivity contribution in [1.29, 1.82) is 0 Å². The Balaban J connectivity index is 0.00000361. The molecule has 0 aromatic heterocycles. The van der Waals surface area contributed by atoms with Crippen LogP contribution in [0.25, 0.3) is 0 Å². The molecule has 2 atom stereocenters. The Morgan fingerprint density at radius 2 is 1.75 bits per heavy atom. The fraction of sp³-hybridized carbons (Fsp3) is 0.500. The van der Waals surface area contributed by atoms with Gasteiger partial charge < -0.3 is 15.6 Å². The zero-order chi connectivity index (χ0) is 14.6. The molecule has 0 saturated carbocycles. The Morgan fingerprint density at radius 1 is 1.25 bits per heavy atom. The molecule has 0 radical (unpaired) electrons. The molecule has 0 aliphatic carbocycles. The van der Waals surface area contributed by atoms with Crippen LogP contribution in [0.4, 0.5) is 17.6 Å². The van der Waals surface area contributed by atoms with Crippen LogP contribution >= 0.6 is 12.4 Å². The highest BCUT2D eigenvalue weighted by atomic mass is 35.5. The second-order valence-corrected chi connectivity index (χ2v) is 4.03. The summed E-state index contributed by atoms with van der Waals surface area (Å²) < 4.78 is 53.0. The number of benzene rings is 1. The smallest absolute Gasteiger partial charge is 0.428 e. The summed E-state index contributed by atoms with van der Waals surface area (Å²) in [6, 6.07) is 4.23. The monoisotopic (exact) mass is 317 g/mol. The van der Waals surface area contributed by atoms with Gasteiger partial charge in [0, 0.05) is 0 Å². The highest BCUT2D eigenvalue weighted by Gasteiger charge is 2.43. The standard InChI is InChI=1S/C12H15F4NO2.ClH/c1-2-9(18)10(17)7-3-5-8(6-4-7)19-12(15,16)11(13)14;/h3-6,9-11,18H,2,17H2,1H3;1H/t9-,10+;/m1./s1. The Morgan fingerprint density at radius 3 is 2.15 bits per heavy atom. The molecular weight excluding hydrogens is 302 g/mol. The van der Waals surface area contributed by atoms with Crippen molar-refractivity contribution in [3.8, 4) is 5.75 Å². The number of alkyl halides is 4. The highest BCUT2D eigenvalue weighted by Crippen LogP contribution is 2.28. The first-order chi connectivity index (χ1) is 8.77. The third kappa shape index (κ3) is 4.81. The predicted octanol–water partition coefficient (Wildman–Crippen LogP) is 3.12. The second-order valence-electron chi connectivity index (χ2n) is 4.03. The van der Waals surface area contributed by atoms with Gasteiger partial charge >= 0.3 is 12.5 Å². The van der Waals surface area contributed by atoms with Crippen LogP contribution in [0, 0.1) is 0 Å². The lowest BCUT2D eigenvalue weighted by Gasteiger charge is -2.19. The predicted molar refractivity (Wildman–Crippen MR) is 68.5 cm³/mol. The lowest BCUT2D eigenvalue weighted by atomic mass is 10.0. The van der Waals surface area contributed by atoms with Gasteiger partial charge in [0.15, 0.2) is 0 Å². The van der Waals surface area contributed by atoms with Gasteiger partial charge in [-0.15, -0.1) is 12.4 Å². The van der Waals surface area contributed by atoms with Crippen LogP contribution in [-0.4, -0.2) is 23.7 Å². The first-order valence-corrected chi connectivity index (χ1v) is 5.66. The van der Waals surface area contributed by atoms with Crippen LogP contribution in [0.15, 0.2) is 24.3 Å². The van der Waals surface area contributed by atoms with E-state index >= 15 is 0 Å². The molecule has 1 aromatic rings. The highest BCUT2D eigenvalue weighted by molar-refractivity contribution is 5.85. The van der Waals surface area contributed by atoms with E-state index in [0.717, 1.165) is 12.1 Å². The van der Waals surface area contributed by atoms with Gasteiger partial charge in [-0.05, 0) is 24.1 Å². The van der Waals surface area contributed by atoms with Gasteiger partial charge in [0.1, 0.15) is 5.75 Å². The SMILES string of the molecule is CC[C@@H](O)[C@@H](N)c1ccc(OC(F)(F)C(F)F)cc1.Cl. The van der Waals surface area contributed by atoms with Crippen molar-refractivity contribution in [3.63, 3.8) is 0 Å². The zero-order valence-electron chi connectivity index (χ0n) is 10.6. The van der Waals surface area contributed by atoms with Crippen molar-refractivity contribution in [1.82, 2.24) is 0 Å². The van der Waals surface area contributed by atoms with Gasteiger partial charge in [0.05, 0.1) is 12.1 Å². The van der Waals surface area contributed by atoms with E-state index in [0.29, 0.717) is 12.0 Å². The average Bonchev–Trinajstić information content (AvgIpc) is 2.37. The molecule has 0 unspecified atom stereocenters. The Labute approximate surface area is 120 Å². The summed E-state index contributed by atoms with van der Waals surface area (Å²) in [5.41, 5.74) is 6.22. The minimum Gasteiger partial charge on any atom is -0.428 e. The maximum atomic E-state index is 12.6. The van der Waals surface area contributed by atoms with E-state index in [-0.39, 0.29) is 12.4 Å². The molecule has 0 fully saturated rings. The molecule has 1 rings (SSSR count). The quantitative estimate of drug-likeness (QED) is 0.793. The first kappa shape index (κ1) is 18.9. The van der Waals surface area contributed by atoms with Crippen LogP contribution in [0.3, 0.4) is 0 Å². The minimum atomic E-state index is -4.54. The molecule has 0 spiro atoms. The van der Waals surface area contributed by atoms with Crippen LogP contribution in [0.1, 0.15) is 24.9 Å². The largest absolute Gasteiger partial charge is 0.461 e. The molecular formula is C12H16ClF4NO2. The molecule has 0 aliphatic rings. The molecule has 0 aliphatic heterocycles. The van der Waals surface area contributed by atoms with Gasteiger partial charge in [-0.2, -0.15) is 17.6 Å².